The number of piperidine rings is 1. The van der Waals surface area contributed by atoms with E-state index in [0.717, 1.165) is 17.7 Å². The van der Waals surface area contributed by atoms with Crippen molar-refractivity contribution in [1.29, 1.82) is 0 Å². The number of carbonyl (C=O) groups excluding carboxylic acids is 1. The molecule has 2 aromatic rings. The zero-order valence-corrected chi connectivity index (χ0v) is 18.9. The molecule has 0 saturated carbocycles. The molecule has 1 heterocycles. The van der Waals surface area contributed by atoms with Gasteiger partial charge in [-0.05, 0) is 42.0 Å². The molecule has 148 valence electrons. The normalized spacial score (nSPS) is 17.8. The predicted octanol–water partition coefficient (Wildman–Crippen LogP) is 7.09. The second-order valence-electron chi connectivity index (χ2n) is 6.26. The molecule has 1 fully saturated rings. The SMILES string of the molecule is CCN1C/C(=C/c2cccc(Cl)c2Cl)C(=O)/C(=C/c2cccc(Cl)c2Cl)C1.Cl. The zero-order chi connectivity index (χ0) is 19.6. The number of likely N-dealkylation sites (tertiary alicyclic amines) is 1. The molecule has 0 radical (unpaired) electrons. The molecule has 0 bridgehead atoms. The number of hydrogen-bond donors (Lipinski definition) is 0. The van der Waals surface area contributed by atoms with E-state index in [9.17, 15) is 4.79 Å². The summed E-state index contributed by atoms with van der Waals surface area (Å²) >= 11 is 24.8. The summed E-state index contributed by atoms with van der Waals surface area (Å²) in [4.78, 5) is 15.2. The number of likely N-dealkylation sites (N-methyl/N-ethyl adjacent to an activating group) is 1. The molecule has 1 saturated heterocycles. The average Bonchev–Trinajstić information content (AvgIpc) is 2.65. The number of halogens is 5. The molecule has 1 aliphatic heterocycles. The number of Topliss-reactive ketones (excluding diaryl/α,β-unsaturated/α-hetero) is 1. The molecule has 0 atom stereocenters. The Hall–Kier alpha value is -1.000. The van der Waals surface area contributed by atoms with E-state index in [1.807, 2.05) is 36.4 Å². The summed E-state index contributed by atoms with van der Waals surface area (Å²) in [5.74, 6) is -0.0215. The van der Waals surface area contributed by atoms with E-state index in [1.54, 1.807) is 12.1 Å². The van der Waals surface area contributed by atoms with Crippen LogP contribution in [-0.2, 0) is 4.79 Å². The van der Waals surface area contributed by atoms with Gasteiger partial charge < -0.3 is 0 Å². The molecule has 0 aromatic heterocycles. The van der Waals surface area contributed by atoms with Gasteiger partial charge in [0.2, 0.25) is 0 Å². The summed E-state index contributed by atoms with van der Waals surface area (Å²) in [6, 6.07) is 10.8. The van der Waals surface area contributed by atoms with E-state index >= 15 is 0 Å². The first-order valence-electron chi connectivity index (χ1n) is 8.47. The van der Waals surface area contributed by atoms with Gasteiger partial charge in [0.05, 0.1) is 20.1 Å². The Morgan fingerprint density at radius 1 is 0.857 bits per heavy atom. The van der Waals surface area contributed by atoms with Gasteiger partial charge in [0.25, 0.3) is 0 Å². The Bertz CT molecular complexity index is 878. The molecule has 3 rings (SSSR count). The Labute approximate surface area is 191 Å². The van der Waals surface area contributed by atoms with Crippen LogP contribution in [0.2, 0.25) is 20.1 Å². The minimum absolute atomic E-state index is 0. The first-order chi connectivity index (χ1) is 12.9. The van der Waals surface area contributed by atoms with Crippen molar-refractivity contribution in [2.75, 3.05) is 19.6 Å². The van der Waals surface area contributed by atoms with Crippen molar-refractivity contribution >= 4 is 76.7 Å². The van der Waals surface area contributed by atoms with Crippen LogP contribution in [0, 0.1) is 0 Å². The topological polar surface area (TPSA) is 20.3 Å². The molecule has 2 nitrogen and oxygen atoms in total. The summed E-state index contributed by atoms with van der Waals surface area (Å²) < 4.78 is 0. The monoisotopic (exact) mass is 475 g/mol. The molecular weight excluding hydrogens is 460 g/mol. The summed E-state index contributed by atoms with van der Waals surface area (Å²) in [6.45, 7) is 3.98. The highest BCUT2D eigenvalue weighted by atomic mass is 35.5. The summed E-state index contributed by atoms with van der Waals surface area (Å²) in [5.41, 5.74) is 2.78. The second kappa shape index (κ2) is 10.2. The van der Waals surface area contributed by atoms with Crippen LogP contribution in [0.1, 0.15) is 18.1 Å². The Balaban J connectivity index is 0.00000280. The third-order valence-electron chi connectivity index (χ3n) is 4.44. The predicted molar refractivity (Wildman–Crippen MR) is 123 cm³/mol. The van der Waals surface area contributed by atoms with E-state index in [4.69, 9.17) is 46.4 Å². The zero-order valence-electron chi connectivity index (χ0n) is 15.0. The molecule has 7 heteroatoms. The highest BCUT2D eigenvalue weighted by molar-refractivity contribution is 6.43. The van der Waals surface area contributed by atoms with E-state index in [0.29, 0.717) is 44.3 Å². The van der Waals surface area contributed by atoms with Gasteiger partial charge >= 0.3 is 0 Å². The maximum atomic E-state index is 13.1. The second-order valence-corrected chi connectivity index (χ2v) is 7.83. The van der Waals surface area contributed by atoms with Crippen LogP contribution in [0.5, 0.6) is 0 Å². The van der Waals surface area contributed by atoms with Gasteiger partial charge in [0.1, 0.15) is 0 Å². The number of carbonyl (C=O) groups is 1. The fourth-order valence-corrected chi connectivity index (χ4v) is 3.70. The van der Waals surface area contributed by atoms with Gasteiger partial charge in [-0.2, -0.15) is 0 Å². The Morgan fingerprint density at radius 3 is 1.68 bits per heavy atom. The molecule has 1 aliphatic rings. The minimum Gasteiger partial charge on any atom is -0.295 e. The number of rotatable bonds is 3. The summed E-state index contributed by atoms with van der Waals surface area (Å²) in [7, 11) is 0. The Morgan fingerprint density at radius 2 is 1.29 bits per heavy atom. The molecular formula is C21H18Cl5NO. The molecule has 0 aliphatic carbocycles. The van der Waals surface area contributed by atoms with Crippen LogP contribution >= 0.6 is 58.8 Å². The molecule has 0 spiro atoms. The van der Waals surface area contributed by atoms with Gasteiger partial charge in [-0.1, -0.05) is 77.6 Å². The van der Waals surface area contributed by atoms with Crippen LogP contribution < -0.4 is 0 Å². The summed E-state index contributed by atoms with van der Waals surface area (Å²) in [6.07, 6.45) is 3.62. The maximum absolute atomic E-state index is 13.1. The van der Waals surface area contributed by atoms with Crippen molar-refractivity contribution in [3.05, 3.63) is 78.8 Å². The molecule has 2 aromatic carbocycles. The van der Waals surface area contributed by atoms with Gasteiger partial charge in [0, 0.05) is 24.2 Å². The van der Waals surface area contributed by atoms with E-state index in [1.165, 1.54) is 0 Å². The number of nitrogens with zero attached hydrogens (tertiary/aromatic N) is 1. The van der Waals surface area contributed by atoms with Gasteiger partial charge in [-0.25, -0.2) is 0 Å². The van der Waals surface area contributed by atoms with Crippen molar-refractivity contribution in [2.45, 2.75) is 6.92 Å². The van der Waals surface area contributed by atoms with Crippen molar-refractivity contribution in [3.63, 3.8) is 0 Å². The van der Waals surface area contributed by atoms with Gasteiger partial charge in [-0.15, -0.1) is 12.4 Å². The molecule has 28 heavy (non-hydrogen) atoms. The molecule has 0 unspecified atom stereocenters. The fraction of sp³-hybridized carbons (Fsp3) is 0.190. The fourth-order valence-electron chi connectivity index (χ4n) is 2.97. The van der Waals surface area contributed by atoms with Crippen LogP contribution in [0.15, 0.2) is 47.5 Å². The largest absolute Gasteiger partial charge is 0.295 e. The standard InChI is InChI=1S/C21H17Cl4NO.ClH/c1-2-26-11-15(9-13-5-3-7-17(22)19(13)24)21(27)16(12-26)10-14-6-4-8-18(23)20(14)25;/h3-10H,2,11-12H2,1H3;1H/b15-9-,16-10+;. The number of benzene rings is 2. The van der Waals surface area contributed by atoms with Gasteiger partial charge in [-0.3, -0.25) is 9.69 Å². The van der Waals surface area contributed by atoms with Crippen LogP contribution in [0.3, 0.4) is 0 Å². The van der Waals surface area contributed by atoms with E-state index < -0.39 is 0 Å². The van der Waals surface area contributed by atoms with Crippen molar-refractivity contribution < 1.29 is 4.79 Å². The van der Waals surface area contributed by atoms with E-state index in [2.05, 4.69) is 11.8 Å². The molecule has 0 amide bonds. The lowest BCUT2D eigenvalue weighted by Gasteiger charge is -2.28. The first-order valence-corrected chi connectivity index (χ1v) is 9.98. The maximum Gasteiger partial charge on any atom is 0.187 e. The smallest absolute Gasteiger partial charge is 0.187 e. The van der Waals surface area contributed by atoms with Crippen molar-refractivity contribution in [2.24, 2.45) is 0 Å². The third-order valence-corrected chi connectivity index (χ3v) is 6.11. The van der Waals surface area contributed by atoms with Gasteiger partial charge in [0.15, 0.2) is 5.78 Å². The average molecular weight is 478 g/mol. The lowest BCUT2D eigenvalue weighted by molar-refractivity contribution is -0.113. The number of ketones is 1. The van der Waals surface area contributed by atoms with Crippen LogP contribution in [0.4, 0.5) is 0 Å². The van der Waals surface area contributed by atoms with Crippen molar-refractivity contribution in [3.8, 4) is 0 Å². The summed E-state index contributed by atoms with van der Waals surface area (Å²) in [5, 5.41) is 1.80. The number of hydrogen-bond acceptors (Lipinski definition) is 2. The highest BCUT2D eigenvalue weighted by Crippen LogP contribution is 2.31. The van der Waals surface area contributed by atoms with Crippen LogP contribution in [-0.4, -0.2) is 30.3 Å². The molecule has 0 N–H and O–H groups in total. The quantitative estimate of drug-likeness (QED) is 0.440. The van der Waals surface area contributed by atoms with Crippen molar-refractivity contribution in [1.82, 2.24) is 4.90 Å². The Kier molecular flexibility index (Phi) is 8.44. The van der Waals surface area contributed by atoms with E-state index in [-0.39, 0.29) is 18.2 Å². The lowest BCUT2D eigenvalue weighted by atomic mass is 9.94. The lowest BCUT2D eigenvalue weighted by Crippen LogP contribution is -2.37. The highest BCUT2D eigenvalue weighted by Gasteiger charge is 2.25. The first kappa shape index (κ1) is 23.3. The minimum atomic E-state index is -0.0215. The van der Waals surface area contributed by atoms with Crippen LogP contribution in [0.25, 0.3) is 12.2 Å². The third kappa shape index (κ3) is 5.13.